The molecule has 1 aliphatic rings. The first-order valence-corrected chi connectivity index (χ1v) is 5.26. The summed E-state index contributed by atoms with van der Waals surface area (Å²) in [6, 6.07) is 0.114. The van der Waals surface area contributed by atoms with Crippen LogP contribution in [0.3, 0.4) is 0 Å². The number of amides is 1. The van der Waals surface area contributed by atoms with E-state index in [4.69, 9.17) is 4.74 Å². The minimum Gasteiger partial charge on any atom is -0.378 e. The van der Waals surface area contributed by atoms with Crippen LogP contribution in [0.25, 0.3) is 0 Å². The van der Waals surface area contributed by atoms with E-state index < -0.39 is 0 Å². The Labute approximate surface area is 93.0 Å². The maximum absolute atomic E-state index is 11.5. The summed E-state index contributed by atoms with van der Waals surface area (Å²) in [5.41, 5.74) is 0. The van der Waals surface area contributed by atoms with Crippen molar-refractivity contribution >= 4 is 5.91 Å². The summed E-state index contributed by atoms with van der Waals surface area (Å²) < 4.78 is 5.26. The number of carbonyl (C=O) groups is 1. The van der Waals surface area contributed by atoms with Crippen LogP contribution in [-0.4, -0.2) is 46.9 Å². The third kappa shape index (κ3) is 3.28. The van der Waals surface area contributed by atoms with Crippen LogP contribution in [-0.2, 0) is 16.1 Å². The molecule has 1 amide bonds. The fourth-order valence-electron chi connectivity index (χ4n) is 1.55. The van der Waals surface area contributed by atoms with Gasteiger partial charge in [-0.15, -0.1) is 0 Å². The zero-order valence-electron chi connectivity index (χ0n) is 8.90. The number of hydrogen-bond acceptors (Lipinski definition) is 5. The molecular weight excluding hydrogens is 210 g/mol. The highest BCUT2D eigenvalue weighted by Crippen LogP contribution is 1.98. The molecule has 1 atom stereocenters. The summed E-state index contributed by atoms with van der Waals surface area (Å²) in [7, 11) is 0. The van der Waals surface area contributed by atoms with Crippen molar-refractivity contribution in [2.45, 2.75) is 19.0 Å². The Morgan fingerprint density at radius 1 is 1.69 bits per heavy atom. The van der Waals surface area contributed by atoms with E-state index in [2.05, 4.69) is 25.8 Å². The summed E-state index contributed by atoms with van der Waals surface area (Å²) >= 11 is 0. The van der Waals surface area contributed by atoms with E-state index in [9.17, 15) is 4.79 Å². The Morgan fingerprint density at radius 2 is 2.62 bits per heavy atom. The van der Waals surface area contributed by atoms with E-state index in [0.29, 0.717) is 25.4 Å². The van der Waals surface area contributed by atoms with Crippen molar-refractivity contribution in [2.24, 2.45) is 0 Å². The molecule has 2 heterocycles. The quantitative estimate of drug-likeness (QED) is 0.598. The van der Waals surface area contributed by atoms with Gasteiger partial charge in [0.15, 0.2) is 0 Å². The van der Waals surface area contributed by atoms with Gasteiger partial charge in [-0.05, 0) is 0 Å². The predicted molar refractivity (Wildman–Crippen MR) is 55.5 cm³/mol. The maximum atomic E-state index is 11.5. The lowest BCUT2D eigenvalue weighted by Crippen LogP contribution is -2.44. The molecule has 88 valence electrons. The molecule has 1 unspecified atom stereocenters. The van der Waals surface area contributed by atoms with Gasteiger partial charge >= 0.3 is 0 Å². The third-order valence-corrected chi connectivity index (χ3v) is 2.35. The van der Waals surface area contributed by atoms with Crippen LogP contribution in [0.15, 0.2) is 6.33 Å². The van der Waals surface area contributed by atoms with Crippen molar-refractivity contribution in [3.05, 3.63) is 12.2 Å². The number of aromatic nitrogens is 3. The molecule has 0 bridgehead atoms. The van der Waals surface area contributed by atoms with Crippen molar-refractivity contribution in [2.75, 3.05) is 19.8 Å². The van der Waals surface area contributed by atoms with Gasteiger partial charge in [0, 0.05) is 19.0 Å². The van der Waals surface area contributed by atoms with Crippen LogP contribution in [0.5, 0.6) is 0 Å². The lowest BCUT2D eigenvalue weighted by molar-refractivity contribution is -0.122. The van der Waals surface area contributed by atoms with E-state index >= 15 is 0 Å². The zero-order valence-corrected chi connectivity index (χ0v) is 8.90. The first kappa shape index (κ1) is 11.0. The lowest BCUT2D eigenvalue weighted by atomic mass is 10.2. The first-order chi connectivity index (χ1) is 7.84. The van der Waals surface area contributed by atoms with Crippen LogP contribution >= 0.6 is 0 Å². The molecule has 7 heteroatoms. The number of morpholine rings is 1. The molecule has 1 aromatic rings. The van der Waals surface area contributed by atoms with Gasteiger partial charge in [-0.2, -0.15) is 5.10 Å². The highest BCUT2D eigenvalue weighted by molar-refractivity contribution is 5.76. The first-order valence-electron chi connectivity index (χ1n) is 5.26. The van der Waals surface area contributed by atoms with Gasteiger partial charge in [-0.3, -0.25) is 9.89 Å². The standard InChI is InChI=1S/C9H15N5O2/c15-9(3-7-5-16-2-1-10-7)11-4-8-12-6-13-14-8/h6-7,10H,1-5H2,(H,11,15)(H,12,13,14). The average Bonchev–Trinajstić information content (AvgIpc) is 2.81. The Morgan fingerprint density at radius 3 is 3.31 bits per heavy atom. The van der Waals surface area contributed by atoms with E-state index in [1.807, 2.05) is 0 Å². The molecule has 1 aromatic heterocycles. The number of hydrogen-bond donors (Lipinski definition) is 3. The second-order valence-electron chi connectivity index (χ2n) is 3.64. The monoisotopic (exact) mass is 225 g/mol. The number of rotatable bonds is 4. The zero-order chi connectivity index (χ0) is 11.2. The molecule has 1 saturated heterocycles. The van der Waals surface area contributed by atoms with Crippen molar-refractivity contribution in [3.63, 3.8) is 0 Å². The van der Waals surface area contributed by atoms with Crippen LogP contribution in [0.4, 0.5) is 0 Å². The summed E-state index contributed by atoms with van der Waals surface area (Å²) in [5, 5.41) is 12.4. The smallest absolute Gasteiger partial charge is 0.222 e. The predicted octanol–water partition coefficient (Wildman–Crippen LogP) is -1.20. The molecule has 0 saturated carbocycles. The fourth-order valence-corrected chi connectivity index (χ4v) is 1.55. The maximum Gasteiger partial charge on any atom is 0.222 e. The van der Waals surface area contributed by atoms with Gasteiger partial charge in [0.05, 0.1) is 19.8 Å². The molecule has 1 aliphatic heterocycles. The molecule has 0 radical (unpaired) electrons. The molecule has 0 spiro atoms. The normalized spacial score (nSPS) is 20.6. The van der Waals surface area contributed by atoms with Crippen molar-refractivity contribution in [3.8, 4) is 0 Å². The molecule has 0 aromatic carbocycles. The molecule has 7 nitrogen and oxygen atoms in total. The molecular formula is C9H15N5O2. The second kappa shape index (κ2) is 5.57. The Kier molecular flexibility index (Phi) is 3.84. The summed E-state index contributed by atoms with van der Waals surface area (Å²) in [4.78, 5) is 15.5. The van der Waals surface area contributed by atoms with E-state index in [1.54, 1.807) is 0 Å². The van der Waals surface area contributed by atoms with Crippen LogP contribution in [0.1, 0.15) is 12.2 Å². The van der Waals surface area contributed by atoms with Crippen LogP contribution in [0, 0.1) is 0 Å². The second-order valence-corrected chi connectivity index (χ2v) is 3.64. The Hall–Kier alpha value is -1.47. The molecule has 16 heavy (non-hydrogen) atoms. The average molecular weight is 225 g/mol. The summed E-state index contributed by atoms with van der Waals surface area (Å²) in [6.45, 7) is 2.50. The molecule has 0 aliphatic carbocycles. The van der Waals surface area contributed by atoms with E-state index in [-0.39, 0.29) is 11.9 Å². The van der Waals surface area contributed by atoms with Gasteiger partial charge in [-0.25, -0.2) is 4.98 Å². The van der Waals surface area contributed by atoms with Gasteiger partial charge in [0.1, 0.15) is 12.2 Å². The number of nitrogens with zero attached hydrogens (tertiary/aromatic N) is 2. The topological polar surface area (TPSA) is 91.9 Å². The Bertz CT molecular complexity index is 321. The molecule has 2 rings (SSSR count). The molecule has 3 N–H and O–H groups in total. The minimum atomic E-state index is -0.0144. The highest BCUT2D eigenvalue weighted by Gasteiger charge is 2.16. The van der Waals surface area contributed by atoms with Gasteiger partial charge in [0.2, 0.25) is 5.91 Å². The van der Waals surface area contributed by atoms with Gasteiger partial charge in [-0.1, -0.05) is 0 Å². The summed E-state index contributed by atoms with van der Waals surface area (Å²) in [5.74, 6) is 0.639. The van der Waals surface area contributed by atoms with Gasteiger partial charge in [0.25, 0.3) is 0 Å². The SMILES string of the molecule is O=C(CC1COCCN1)NCc1ncn[nH]1. The van der Waals surface area contributed by atoms with Crippen LogP contribution < -0.4 is 10.6 Å². The van der Waals surface area contributed by atoms with E-state index in [0.717, 1.165) is 13.2 Å². The fraction of sp³-hybridized carbons (Fsp3) is 0.667. The van der Waals surface area contributed by atoms with Crippen molar-refractivity contribution in [1.29, 1.82) is 0 Å². The van der Waals surface area contributed by atoms with Gasteiger partial charge < -0.3 is 15.4 Å². The van der Waals surface area contributed by atoms with E-state index in [1.165, 1.54) is 6.33 Å². The number of carbonyl (C=O) groups excluding carboxylic acids is 1. The number of aromatic amines is 1. The number of ether oxygens (including phenoxy) is 1. The highest BCUT2D eigenvalue weighted by atomic mass is 16.5. The van der Waals surface area contributed by atoms with Crippen molar-refractivity contribution < 1.29 is 9.53 Å². The molecule has 1 fully saturated rings. The summed E-state index contributed by atoms with van der Waals surface area (Å²) in [6.07, 6.45) is 1.84. The van der Waals surface area contributed by atoms with Crippen LogP contribution in [0.2, 0.25) is 0 Å². The number of H-pyrrole nitrogens is 1. The largest absolute Gasteiger partial charge is 0.378 e. The Balaban J connectivity index is 1.67. The third-order valence-electron chi connectivity index (χ3n) is 2.35. The number of nitrogens with one attached hydrogen (secondary N) is 3. The lowest BCUT2D eigenvalue weighted by Gasteiger charge is -2.23. The minimum absolute atomic E-state index is 0.0144. The van der Waals surface area contributed by atoms with Crippen molar-refractivity contribution in [1.82, 2.24) is 25.8 Å².